The zero-order valence-electron chi connectivity index (χ0n) is 9.52. The van der Waals surface area contributed by atoms with E-state index in [1.54, 1.807) is 0 Å². The monoisotopic (exact) mass is 241 g/mol. The third-order valence-corrected chi connectivity index (χ3v) is 1.27. The lowest BCUT2D eigenvalue weighted by Crippen LogP contribution is -2.01. The molecule has 0 aliphatic carbocycles. The van der Waals surface area contributed by atoms with E-state index < -0.39 is 8.25 Å². The van der Waals surface area contributed by atoms with Gasteiger partial charge in [-0.25, -0.2) is 0 Å². The van der Waals surface area contributed by atoms with Gasteiger partial charge in [0.2, 0.25) is 0 Å². The van der Waals surface area contributed by atoms with Gasteiger partial charge in [-0.3, -0.25) is 0 Å². The van der Waals surface area contributed by atoms with Gasteiger partial charge in [0.05, 0.1) is 0 Å². The Hall–Kier alpha value is -0.0600. The van der Waals surface area contributed by atoms with Crippen molar-refractivity contribution >= 4 is 8.25 Å². The first-order valence-corrected chi connectivity index (χ1v) is 6.32. The van der Waals surface area contributed by atoms with Crippen molar-refractivity contribution in [3.63, 3.8) is 0 Å². The lowest BCUT2D eigenvalue weighted by Gasteiger charge is -2.02. The Morgan fingerprint density at radius 1 is 0.933 bits per heavy atom. The molecule has 0 unspecified atom stereocenters. The molecule has 0 rings (SSSR count). The van der Waals surface area contributed by atoms with Crippen molar-refractivity contribution in [3.8, 4) is 0 Å². The van der Waals surface area contributed by atoms with Crippen LogP contribution in [0.4, 0.5) is 0 Å². The molecule has 0 aliphatic heterocycles. The summed E-state index contributed by atoms with van der Waals surface area (Å²) in [6.45, 7) is 7.69. The first kappa shape index (κ1) is 17.3. The number of rotatable bonds is 8. The molecule has 0 aromatic heterocycles. The average Bonchev–Trinajstić information content (AvgIpc) is 2.16. The molecule has 0 aromatic rings. The van der Waals surface area contributed by atoms with E-state index in [0.29, 0.717) is 0 Å². The lowest BCUT2D eigenvalue weighted by molar-refractivity contribution is 0.0833. The highest BCUT2D eigenvalue weighted by Crippen LogP contribution is 1.98. The molecule has 5 nitrogen and oxygen atoms in total. The van der Waals surface area contributed by atoms with E-state index in [4.69, 9.17) is 23.8 Å². The Labute approximate surface area is 92.4 Å². The fourth-order valence-electron chi connectivity index (χ4n) is 0.756. The fraction of sp³-hybridized carbons (Fsp3) is 1.00. The van der Waals surface area contributed by atoms with Crippen molar-refractivity contribution in [2.75, 3.05) is 26.4 Å². The molecule has 15 heavy (non-hydrogen) atoms. The second kappa shape index (κ2) is 16.4. The molecule has 0 aliphatic rings. The summed E-state index contributed by atoms with van der Waals surface area (Å²) in [7, 11) is -2.87. The lowest BCUT2D eigenvalue weighted by atomic mass is 10.4. The van der Waals surface area contributed by atoms with E-state index in [2.05, 4.69) is 13.8 Å². The van der Waals surface area contributed by atoms with Crippen LogP contribution in [0.25, 0.3) is 0 Å². The van der Waals surface area contributed by atoms with Crippen LogP contribution in [-0.2, 0) is 14.0 Å². The molecule has 0 atom stereocenters. The van der Waals surface area contributed by atoms with Gasteiger partial charge in [0.15, 0.2) is 0 Å². The molecule has 0 fully saturated rings. The number of hydrogen-bond donors (Lipinski definition) is 2. The first-order chi connectivity index (χ1) is 7.15. The van der Waals surface area contributed by atoms with Gasteiger partial charge in [0.1, 0.15) is 0 Å². The second-order valence-electron chi connectivity index (χ2n) is 2.83. The topological polar surface area (TPSA) is 76.0 Å². The molecular formula is C9H22O5P+. The average molecular weight is 241 g/mol. The summed E-state index contributed by atoms with van der Waals surface area (Å²) in [5.41, 5.74) is 0. The van der Waals surface area contributed by atoms with Crippen LogP contribution in [-0.4, -0.2) is 36.2 Å². The Bertz CT molecular complexity index is 120. The third kappa shape index (κ3) is 31.5. The molecule has 0 bridgehead atoms. The van der Waals surface area contributed by atoms with Gasteiger partial charge in [0, 0.05) is 31.0 Å². The smallest absolute Gasteiger partial charge is 0.381 e. The number of hydrogen-bond acceptors (Lipinski definition) is 3. The van der Waals surface area contributed by atoms with Crippen LogP contribution in [0.15, 0.2) is 0 Å². The summed E-state index contributed by atoms with van der Waals surface area (Å²) >= 11 is 0. The number of ether oxygens (including phenoxy) is 2. The van der Waals surface area contributed by atoms with E-state index >= 15 is 0 Å². The zero-order chi connectivity index (χ0) is 11.9. The highest BCUT2D eigenvalue weighted by Gasteiger charge is 1.93. The predicted octanol–water partition coefficient (Wildman–Crippen LogP) is 1.86. The van der Waals surface area contributed by atoms with Gasteiger partial charge in [-0.2, -0.15) is 0 Å². The molecule has 0 amide bonds. The van der Waals surface area contributed by atoms with Crippen LogP contribution in [0, 0.1) is 0 Å². The SMILES string of the molecule is CCCOCCCOCCC.O=[P+](O)O. The highest BCUT2D eigenvalue weighted by atomic mass is 31.1. The summed E-state index contributed by atoms with van der Waals surface area (Å²) in [6.07, 6.45) is 3.24. The van der Waals surface area contributed by atoms with Crippen LogP contribution in [0.3, 0.4) is 0 Å². The molecule has 0 heterocycles. The molecule has 92 valence electrons. The Balaban J connectivity index is 0. The van der Waals surface area contributed by atoms with E-state index in [1.165, 1.54) is 0 Å². The van der Waals surface area contributed by atoms with Crippen LogP contribution in [0.2, 0.25) is 0 Å². The van der Waals surface area contributed by atoms with Gasteiger partial charge in [-0.15, -0.1) is 9.79 Å². The summed E-state index contributed by atoms with van der Waals surface area (Å²) in [5.74, 6) is 0. The molecule has 6 heteroatoms. The molecule has 0 aromatic carbocycles. The van der Waals surface area contributed by atoms with Crippen molar-refractivity contribution in [1.29, 1.82) is 0 Å². The van der Waals surface area contributed by atoms with Crippen LogP contribution < -0.4 is 0 Å². The van der Waals surface area contributed by atoms with Gasteiger partial charge in [-0.1, -0.05) is 13.8 Å². The van der Waals surface area contributed by atoms with Crippen LogP contribution in [0.5, 0.6) is 0 Å². The summed E-state index contributed by atoms with van der Waals surface area (Å²) in [6, 6.07) is 0. The molecule has 0 radical (unpaired) electrons. The fourth-order valence-corrected chi connectivity index (χ4v) is 0.756. The first-order valence-electron chi connectivity index (χ1n) is 5.15. The Morgan fingerprint density at radius 3 is 1.53 bits per heavy atom. The maximum absolute atomic E-state index is 8.70. The van der Waals surface area contributed by atoms with Crippen molar-refractivity contribution in [1.82, 2.24) is 0 Å². The van der Waals surface area contributed by atoms with Crippen molar-refractivity contribution in [2.24, 2.45) is 0 Å². The predicted molar refractivity (Wildman–Crippen MR) is 58.9 cm³/mol. The standard InChI is InChI=1S/C9H20O2.HO3P/c1-3-6-10-8-5-9-11-7-4-2;1-4(2)3/h3-9H2,1-2H3;(H-,1,2,3)/p+1. The van der Waals surface area contributed by atoms with E-state index in [-0.39, 0.29) is 0 Å². The minimum absolute atomic E-state index is 0.845. The van der Waals surface area contributed by atoms with Gasteiger partial charge >= 0.3 is 8.25 Å². The second-order valence-corrected chi connectivity index (χ2v) is 3.34. The maximum Gasteiger partial charge on any atom is 0.692 e. The molecule has 0 spiro atoms. The Kier molecular flexibility index (Phi) is 18.9. The quantitative estimate of drug-likeness (QED) is 0.501. The van der Waals surface area contributed by atoms with Crippen LogP contribution in [0.1, 0.15) is 33.1 Å². The zero-order valence-corrected chi connectivity index (χ0v) is 10.4. The largest absolute Gasteiger partial charge is 0.692 e. The van der Waals surface area contributed by atoms with E-state index in [0.717, 1.165) is 45.7 Å². The minimum Gasteiger partial charge on any atom is -0.381 e. The van der Waals surface area contributed by atoms with E-state index in [1.807, 2.05) is 0 Å². The minimum atomic E-state index is -2.87. The van der Waals surface area contributed by atoms with Gasteiger partial charge in [0.25, 0.3) is 0 Å². The Morgan fingerprint density at radius 2 is 1.27 bits per heavy atom. The molecule has 0 saturated heterocycles. The maximum atomic E-state index is 8.70. The van der Waals surface area contributed by atoms with Gasteiger partial charge < -0.3 is 9.47 Å². The summed E-state index contributed by atoms with van der Waals surface area (Å²) < 4.78 is 19.3. The molecule has 0 saturated carbocycles. The third-order valence-electron chi connectivity index (χ3n) is 1.27. The summed E-state index contributed by atoms with van der Waals surface area (Å²) in [4.78, 5) is 14.2. The van der Waals surface area contributed by atoms with Gasteiger partial charge in [-0.05, 0) is 19.3 Å². The highest BCUT2D eigenvalue weighted by molar-refractivity contribution is 7.30. The summed E-state index contributed by atoms with van der Waals surface area (Å²) in [5, 5.41) is 0. The molecular weight excluding hydrogens is 219 g/mol. The van der Waals surface area contributed by atoms with Crippen molar-refractivity contribution < 1.29 is 23.8 Å². The van der Waals surface area contributed by atoms with Crippen molar-refractivity contribution in [2.45, 2.75) is 33.1 Å². The van der Waals surface area contributed by atoms with Crippen LogP contribution >= 0.6 is 8.25 Å². The van der Waals surface area contributed by atoms with E-state index in [9.17, 15) is 0 Å². The molecule has 2 N–H and O–H groups in total. The normalized spacial score (nSPS) is 9.33. The van der Waals surface area contributed by atoms with Crippen molar-refractivity contribution in [3.05, 3.63) is 0 Å².